The minimum atomic E-state index is 0.708. The third-order valence-corrected chi connectivity index (χ3v) is 2.32. The smallest absolute Gasteiger partial charge is 0.181 e. The lowest BCUT2D eigenvalue weighted by atomic mass is 10.1. The normalized spacial score (nSPS) is 11.0. The predicted molar refractivity (Wildman–Crippen MR) is 56.2 cm³/mol. The summed E-state index contributed by atoms with van der Waals surface area (Å²) >= 11 is 0. The Kier molecular flexibility index (Phi) is 1.58. The average molecular weight is 199 g/mol. The fraction of sp³-hybridized carbons (Fsp3) is 0.100. The average Bonchev–Trinajstić information content (AvgIpc) is 2.84. The second-order valence-electron chi connectivity index (χ2n) is 3.38. The molecule has 0 fully saturated rings. The zero-order chi connectivity index (χ0) is 10.3. The number of hydrogen-bond donors (Lipinski definition) is 2. The monoisotopic (exact) mass is 199 g/mol. The van der Waals surface area contributed by atoms with Gasteiger partial charge in [0.05, 0.1) is 11.7 Å². The van der Waals surface area contributed by atoms with E-state index in [9.17, 15) is 0 Å². The van der Waals surface area contributed by atoms with Crippen LogP contribution in [-0.2, 0) is 0 Å². The van der Waals surface area contributed by atoms with E-state index in [0.717, 1.165) is 22.3 Å². The summed E-state index contributed by atoms with van der Waals surface area (Å²) in [4.78, 5) is 4.30. The number of rotatable bonds is 1. The maximum Gasteiger partial charge on any atom is 0.181 e. The molecule has 3 rings (SSSR count). The summed E-state index contributed by atoms with van der Waals surface area (Å²) in [5.74, 6) is 1.52. The molecular weight excluding hydrogens is 190 g/mol. The third-order valence-electron chi connectivity index (χ3n) is 2.32. The van der Waals surface area contributed by atoms with Gasteiger partial charge in [-0.2, -0.15) is 10.2 Å². The van der Waals surface area contributed by atoms with Crippen molar-refractivity contribution < 1.29 is 0 Å². The fourth-order valence-electron chi connectivity index (χ4n) is 1.63. The van der Waals surface area contributed by atoms with Crippen molar-refractivity contribution in [1.82, 2.24) is 25.4 Å². The Morgan fingerprint density at radius 1 is 1.20 bits per heavy atom. The highest BCUT2D eigenvalue weighted by atomic mass is 15.2. The summed E-state index contributed by atoms with van der Waals surface area (Å²) in [6.45, 7) is 1.88. The van der Waals surface area contributed by atoms with Crippen LogP contribution < -0.4 is 0 Å². The number of H-pyrrole nitrogens is 2. The van der Waals surface area contributed by atoms with Crippen molar-refractivity contribution in [2.45, 2.75) is 6.92 Å². The van der Waals surface area contributed by atoms with E-state index in [1.807, 2.05) is 25.1 Å². The predicted octanol–water partition coefficient (Wildman–Crippen LogP) is 1.66. The molecule has 74 valence electrons. The number of nitrogens with one attached hydrogen (secondary N) is 2. The number of benzene rings is 1. The lowest BCUT2D eigenvalue weighted by molar-refractivity contribution is 1.04. The Labute approximate surface area is 85.5 Å². The Hall–Kier alpha value is -2.17. The molecule has 0 aliphatic heterocycles. The molecule has 0 bridgehead atoms. The molecule has 0 spiro atoms. The van der Waals surface area contributed by atoms with Gasteiger partial charge in [-0.15, -0.1) is 0 Å². The van der Waals surface area contributed by atoms with Crippen LogP contribution in [0.15, 0.2) is 24.4 Å². The highest BCUT2D eigenvalue weighted by Crippen LogP contribution is 2.24. The molecular formula is C10H9N5. The number of aromatic amines is 2. The van der Waals surface area contributed by atoms with Gasteiger partial charge in [-0.3, -0.25) is 10.2 Å². The van der Waals surface area contributed by atoms with Crippen LogP contribution in [0.1, 0.15) is 5.82 Å². The first-order valence-electron chi connectivity index (χ1n) is 4.66. The van der Waals surface area contributed by atoms with E-state index in [-0.39, 0.29) is 0 Å². The molecule has 0 unspecified atom stereocenters. The second kappa shape index (κ2) is 2.91. The van der Waals surface area contributed by atoms with E-state index in [1.54, 1.807) is 6.20 Å². The zero-order valence-electron chi connectivity index (χ0n) is 8.15. The molecule has 2 heterocycles. The van der Waals surface area contributed by atoms with Crippen LogP contribution in [0.4, 0.5) is 0 Å². The third kappa shape index (κ3) is 1.20. The maximum absolute atomic E-state index is 4.30. The van der Waals surface area contributed by atoms with Gasteiger partial charge in [0.25, 0.3) is 0 Å². The summed E-state index contributed by atoms with van der Waals surface area (Å²) in [6.07, 6.45) is 1.79. The van der Waals surface area contributed by atoms with Gasteiger partial charge in [0.1, 0.15) is 5.82 Å². The van der Waals surface area contributed by atoms with E-state index in [1.165, 1.54) is 0 Å². The van der Waals surface area contributed by atoms with Crippen molar-refractivity contribution in [3.05, 3.63) is 30.2 Å². The molecule has 0 saturated heterocycles. The van der Waals surface area contributed by atoms with Crippen LogP contribution in [0, 0.1) is 6.92 Å². The van der Waals surface area contributed by atoms with Crippen molar-refractivity contribution in [1.29, 1.82) is 0 Å². The van der Waals surface area contributed by atoms with Gasteiger partial charge in [-0.1, -0.05) is 12.1 Å². The van der Waals surface area contributed by atoms with Gasteiger partial charge in [-0.05, 0) is 13.0 Å². The van der Waals surface area contributed by atoms with Crippen molar-refractivity contribution in [2.75, 3.05) is 0 Å². The van der Waals surface area contributed by atoms with Crippen LogP contribution in [0.3, 0.4) is 0 Å². The topological polar surface area (TPSA) is 70.2 Å². The first kappa shape index (κ1) is 8.16. The van der Waals surface area contributed by atoms with Gasteiger partial charge in [0.2, 0.25) is 0 Å². The largest absolute Gasteiger partial charge is 0.278 e. The summed E-state index contributed by atoms with van der Waals surface area (Å²) in [5, 5.41) is 14.9. The standard InChI is InChI=1S/C10H9N5/c1-6-12-10(15-13-6)7-3-2-4-9-8(7)5-11-14-9/h2-5H,1H3,(H,11,14)(H,12,13,15). The summed E-state index contributed by atoms with van der Waals surface area (Å²) in [6, 6.07) is 5.92. The second-order valence-corrected chi connectivity index (χ2v) is 3.38. The molecule has 5 heteroatoms. The van der Waals surface area contributed by atoms with Gasteiger partial charge in [-0.25, -0.2) is 4.98 Å². The van der Waals surface area contributed by atoms with E-state index in [4.69, 9.17) is 0 Å². The van der Waals surface area contributed by atoms with Crippen LogP contribution >= 0.6 is 0 Å². The minimum absolute atomic E-state index is 0.708. The number of nitrogens with zero attached hydrogens (tertiary/aromatic N) is 3. The summed E-state index contributed by atoms with van der Waals surface area (Å²) < 4.78 is 0. The molecule has 2 N–H and O–H groups in total. The first-order chi connectivity index (χ1) is 7.34. The molecule has 1 aromatic carbocycles. The molecule has 15 heavy (non-hydrogen) atoms. The molecule has 5 nitrogen and oxygen atoms in total. The van der Waals surface area contributed by atoms with Crippen molar-refractivity contribution in [2.24, 2.45) is 0 Å². The zero-order valence-corrected chi connectivity index (χ0v) is 8.15. The fourth-order valence-corrected chi connectivity index (χ4v) is 1.63. The van der Waals surface area contributed by atoms with E-state index in [2.05, 4.69) is 25.4 Å². The maximum atomic E-state index is 4.30. The number of hydrogen-bond acceptors (Lipinski definition) is 3. The Balaban J connectivity index is 2.30. The van der Waals surface area contributed by atoms with E-state index < -0.39 is 0 Å². The minimum Gasteiger partial charge on any atom is -0.278 e. The van der Waals surface area contributed by atoms with Gasteiger partial charge in [0, 0.05) is 10.9 Å². The lowest BCUT2D eigenvalue weighted by Crippen LogP contribution is -1.81. The Morgan fingerprint density at radius 3 is 2.93 bits per heavy atom. The summed E-state index contributed by atoms with van der Waals surface area (Å²) in [7, 11) is 0. The van der Waals surface area contributed by atoms with Crippen LogP contribution in [0.2, 0.25) is 0 Å². The Morgan fingerprint density at radius 2 is 2.13 bits per heavy atom. The molecule has 0 amide bonds. The van der Waals surface area contributed by atoms with E-state index in [0.29, 0.717) is 5.82 Å². The highest BCUT2D eigenvalue weighted by molar-refractivity contribution is 5.92. The van der Waals surface area contributed by atoms with Crippen LogP contribution in [0.25, 0.3) is 22.3 Å². The molecule has 3 aromatic rings. The number of aryl methyl sites for hydroxylation is 1. The SMILES string of the molecule is Cc1nc(-c2cccc3[nH]ncc23)n[nH]1. The molecule has 0 saturated carbocycles. The molecule has 2 aromatic heterocycles. The van der Waals surface area contributed by atoms with Crippen molar-refractivity contribution >= 4 is 10.9 Å². The quantitative estimate of drug-likeness (QED) is 0.626. The van der Waals surface area contributed by atoms with Gasteiger partial charge in [0.15, 0.2) is 5.82 Å². The van der Waals surface area contributed by atoms with Gasteiger partial charge >= 0.3 is 0 Å². The number of fused-ring (bicyclic) bond motifs is 1. The highest BCUT2D eigenvalue weighted by Gasteiger charge is 2.08. The van der Waals surface area contributed by atoms with Crippen LogP contribution in [0.5, 0.6) is 0 Å². The molecule has 0 radical (unpaired) electrons. The molecule has 0 aliphatic rings. The van der Waals surface area contributed by atoms with Crippen molar-refractivity contribution in [3.63, 3.8) is 0 Å². The lowest BCUT2D eigenvalue weighted by Gasteiger charge is -1.95. The van der Waals surface area contributed by atoms with Crippen molar-refractivity contribution in [3.8, 4) is 11.4 Å². The van der Waals surface area contributed by atoms with E-state index >= 15 is 0 Å². The Bertz CT molecular complexity index is 607. The molecule has 0 aliphatic carbocycles. The molecule has 0 atom stereocenters. The van der Waals surface area contributed by atoms with Gasteiger partial charge < -0.3 is 0 Å². The van der Waals surface area contributed by atoms with Crippen LogP contribution in [-0.4, -0.2) is 25.4 Å². The first-order valence-corrected chi connectivity index (χ1v) is 4.66. The number of aromatic nitrogens is 5. The summed E-state index contributed by atoms with van der Waals surface area (Å²) in [5.41, 5.74) is 1.99.